The molecule has 2 aliphatic rings. The van der Waals surface area contributed by atoms with Crippen molar-refractivity contribution in [2.75, 3.05) is 0 Å². The Kier molecular flexibility index (Phi) is 8.72. The van der Waals surface area contributed by atoms with Crippen LogP contribution in [0.2, 0.25) is 0 Å². The predicted molar refractivity (Wildman–Crippen MR) is 144 cm³/mol. The molecule has 0 amide bonds. The first-order chi connectivity index (χ1) is 16.7. The van der Waals surface area contributed by atoms with E-state index in [0.717, 1.165) is 59.6 Å². The van der Waals surface area contributed by atoms with Gasteiger partial charge < -0.3 is 11.5 Å². The summed E-state index contributed by atoms with van der Waals surface area (Å²) in [5.41, 5.74) is 18.6. The van der Waals surface area contributed by atoms with Gasteiger partial charge in [-0.25, -0.2) is 0 Å². The Bertz CT molecular complexity index is 936. The van der Waals surface area contributed by atoms with E-state index in [0.29, 0.717) is 11.8 Å². The maximum Gasteiger partial charge on any atom is 0.0946 e. The third-order valence-corrected chi connectivity index (χ3v) is 7.16. The van der Waals surface area contributed by atoms with Gasteiger partial charge in [0.25, 0.3) is 0 Å². The Balaban J connectivity index is 1.71. The average Bonchev–Trinajstić information content (AvgIpc) is 2.92. The van der Waals surface area contributed by atoms with Crippen molar-refractivity contribution in [3.8, 4) is 0 Å². The molecule has 0 heterocycles. The number of allylic oxidation sites excluding steroid dienone is 4. The van der Waals surface area contributed by atoms with Crippen molar-refractivity contribution in [3.05, 3.63) is 95.3 Å². The van der Waals surface area contributed by atoms with Gasteiger partial charge in [0, 0.05) is 22.5 Å². The SMILES string of the molecule is N/C(=C/C(=N/N=C(/C=C(/N)C1CCCCC1)c1ccccc1)c1ccccc1)C1CCCCC1. The lowest BCUT2D eigenvalue weighted by atomic mass is 9.86. The Morgan fingerprint density at radius 3 is 1.26 bits per heavy atom. The quantitative estimate of drug-likeness (QED) is 0.359. The fraction of sp³-hybridized carbons (Fsp3) is 0.400. The summed E-state index contributed by atoms with van der Waals surface area (Å²) in [6.07, 6.45) is 16.3. The highest BCUT2D eigenvalue weighted by Gasteiger charge is 2.18. The summed E-state index contributed by atoms with van der Waals surface area (Å²) in [4.78, 5) is 0. The molecule has 0 unspecified atom stereocenters. The number of nitrogens with two attached hydrogens (primary N) is 2. The summed E-state index contributed by atoms with van der Waals surface area (Å²) in [5.74, 6) is 0.865. The van der Waals surface area contributed by atoms with Crippen molar-refractivity contribution in [1.82, 2.24) is 0 Å². The van der Waals surface area contributed by atoms with E-state index in [1.54, 1.807) is 0 Å². The van der Waals surface area contributed by atoms with E-state index in [2.05, 4.69) is 24.3 Å². The predicted octanol–water partition coefficient (Wildman–Crippen LogP) is 6.73. The molecule has 34 heavy (non-hydrogen) atoms. The number of benzene rings is 2. The highest BCUT2D eigenvalue weighted by Crippen LogP contribution is 2.28. The van der Waals surface area contributed by atoms with Crippen molar-refractivity contribution < 1.29 is 0 Å². The molecule has 4 nitrogen and oxygen atoms in total. The van der Waals surface area contributed by atoms with Gasteiger partial charge in [0.15, 0.2) is 0 Å². The van der Waals surface area contributed by atoms with Gasteiger partial charge >= 0.3 is 0 Å². The molecule has 4 rings (SSSR count). The largest absolute Gasteiger partial charge is 0.402 e. The van der Waals surface area contributed by atoms with Crippen molar-refractivity contribution in [1.29, 1.82) is 0 Å². The minimum absolute atomic E-state index is 0.432. The van der Waals surface area contributed by atoms with Gasteiger partial charge in [-0.3, -0.25) is 0 Å². The first-order valence-electron chi connectivity index (χ1n) is 12.9. The number of nitrogens with zero attached hydrogens (tertiary/aromatic N) is 2. The fourth-order valence-corrected chi connectivity index (χ4v) is 5.09. The average molecular weight is 455 g/mol. The van der Waals surface area contributed by atoms with Gasteiger partial charge in [-0.1, -0.05) is 99.2 Å². The lowest BCUT2D eigenvalue weighted by molar-refractivity contribution is 0.400. The van der Waals surface area contributed by atoms with Crippen LogP contribution in [0, 0.1) is 11.8 Å². The zero-order valence-electron chi connectivity index (χ0n) is 20.2. The minimum Gasteiger partial charge on any atom is -0.402 e. The number of hydrogen-bond donors (Lipinski definition) is 2. The van der Waals surface area contributed by atoms with E-state index in [1.807, 2.05) is 48.6 Å². The van der Waals surface area contributed by atoms with E-state index >= 15 is 0 Å². The third kappa shape index (κ3) is 6.69. The highest BCUT2D eigenvalue weighted by molar-refractivity contribution is 6.11. The summed E-state index contributed by atoms with van der Waals surface area (Å²) >= 11 is 0. The molecule has 4 N–H and O–H groups in total. The minimum atomic E-state index is 0.432. The van der Waals surface area contributed by atoms with Gasteiger partial charge in [0.1, 0.15) is 0 Å². The van der Waals surface area contributed by atoms with Crippen LogP contribution in [0.25, 0.3) is 0 Å². The Hall–Kier alpha value is -3.14. The van der Waals surface area contributed by atoms with Crippen molar-refractivity contribution >= 4 is 11.4 Å². The second-order valence-electron chi connectivity index (χ2n) is 9.66. The summed E-state index contributed by atoms with van der Waals surface area (Å²) in [7, 11) is 0. The molecule has 2 aromatic carbocycles. The lowest BCUT2D eigenvalue weighted by Crippen LogP contribution is -2.17. The molecule has 0 aliphatic heterocycles. The zero-order chi connectivity index (χ0) is 23.6. The molecule has 0 bridgehead atoms. The molecule has 0 atom stereocenters. The molecule has 0 radical (unpaired) electrons. The number of rotatable bonds is 7. The Morgan fingerprint density at radius 2 is 0.912 bits per heavy atom. The number of hydrogen-bond acceptors (Lipinski definition) is 4. The standard InChI is InChI=1S/C30H38N4/c31-27(23-13-5-1-6-14-23)21-29(25-17-9-3-10-18-25)33-34-30(26-19-11-4-12-20-26)22-28(32)24-15-7-2-8-16-24/h3-4,9-12,17-24H,1-2,5-8,13-16,31-32H2/b27-21+,28-22+,33-29-,34-30-. The van der Waals surface area contributed by atoms with Crippen molar-refractivity contribution in [2.45, 2.75) is 64.2 Å². The van der Waals surface area contributed by atoms with Gasteiger partial charge in [-0.05, 0) is 49.7 Å². The first kappa shape index (κ1) is 24.0. The Morgan fingerprint density at radius 1 is 0.559 bits per heavy atom. The summed E-state index contributed by atoms with van der Waals surface area (Å²) in [6, 6.07) is 20.4. The molecule has 4 heteroatoms. The molecular formula is C30H38N4. The van der Waals surface area contributed by atoms with E-state index in [1.165, 1.54) is 38.5 Å². The van der Waals surface area contributed by atoms with E-state index in [4.69, 9.17) is 21.7 Å². The van der Waals surface area contributed by atoms with Gasteiger partial charge in [0.05, 0.1) is 11.4 Å². The Labute approximate surface area is 204 Å². The molecule has 0 saturated heterocycles. The molecule has 0 spiro atoms. The van der Waals surface area contributed by atoms with Crippen LogP contribution in [0.15, 0.2) is 94.4 Å². The molecule has 2 aliphatic carbocycles. The lowest BCUT2D eigenvalue weighted by Gasteiger charge is -2.22. The monoisotopic (exact) mass is 454 g/mol. The van der Waals surface area contributed by atoms with Crippen LogP contribution >= 0.6 is 0 Å². The highest BCUT2D eigenvalue weighted by atomic mass is 15.2. The zero-order valence-corrected chi connectivity index (χ0v) is 20.2. The first-order valence-corrected chi connectivity index (χ1v) is 12.9. The summed E-state index contributed by atoms with van der Waals surface area (Å²) in [6.45, 7) is 0. The van der Waals surface area contributed by atoms with Gasteiger partial charge in [-0.2, -0.15) is 0 Å². The van der Waals surface area contributed by atoms with Crippen LogP contribution in [0.5, 0.6) is 0 Å². The van der Waals surface area contributed by atoms with E-state index in [-0.39, 0.29) is 0 Å². The molecular weight excluding hydrogens is 416 g/mol. The van der Waals surface area contributed by atoms with Crippen molar-refractivity contribution in [3.63, 3.8) is 0 Å². The van der Waals surface area contributed by atoms with Crippen LogP contribution in [-0.2, 0) is 0 Å². The van der Waals surface area contributed by atoms with Crippen LogP contribution in [-0.4, -0.2) is 11.4 Å². The second-order valence-corrected chi connectivity index (χ2v) is 9.66. The van der Waals surface area contributed by atoms with Crippen LogP contribution in [0.3, 0.4) is 0 Å². The normalized spacial score (nSPS) is 19.9. The van der Waals surface area contributed by atoms with Gasteiger partial charge in [-0.15, -0.1) is 10.2 Å². The van der Waals surface area contributed by atoms with Gasteiger partial charge in [0.2, 0.25) is 0 Å². The molecule has 178 valence electrons. The summed E-state index contributed by atoms with van der Waals surface area (Å²) < 4.78 is 0. The molecule has 2 fully saturated rings. The smallest absolute Gasteiger partial charge is 0.0946 e. The maximum absolute atomic E-state index is 6.58. The van der Waals surface area contributed by atoms with Crippen LogP contribution < -0.4 is 11.5 Å². The van der Waals surface area contributed by atoms with E-state index in [9.17, 15) is 0 Å². The molecule has 2 aromatic rings. The second kappa shape index (κ2) is 12.4. The maximum atomic E-state index is 6.58. The van der Waals surface area contributed by atoms with E-state index < -0.39 is 0 Å². The third-order valence-electron chi connectivity index (χ3n) is 7.16. The topological polar surface area (TPSA) is 76.8 Å². The fourth-order valence-electron chi connectivity index (χ4n) is 5.09. The van der Waals surface area contributed by atoms with Crippen LogP contribution in [0.1, 0.15) is 75.3 Å². The van der Waals surface area contributed by atoms with Crippen LogP contribution in [0.4, 0.5) is 0 Å². The molecule has 2 saturated carbocycles. The summed E-state index contributed by atoms with van der Waals surface area (Å²) in [5, 5.41) is 9.50. The molecule has 0 aromatic heterocycles. The van der Waals surface area contributed by atoms with Crippen molar-refractivity contribution in [2.24, 2.45) is 33.5 Å².